The zero-order valence-corrected chi connectivity index (χ0v) is 12.9. The Bertz CT molecular complexity index is 262. The van der Waals surface area contributed by atoms with Crippen LogP contribution in [0.4, 0.5) is 0 Å². The van der Waals surface area contributed by atoms with Crippen molar-refractivity contribution in [1.82, 2.24) is 15.1 Å². The minimum Gasteiger partial charge on any atom is -0.381 e. The molecule has 0 saturated carbocycles. The van der Waals surface area contributed by atoms with E-state index in [1.807, 2.05) is 0 Å². The van der Waals surface area contributed by atoms with Crippen molar-refractivity contribution in [2.24, 2.45) is 5.92 Å². The molecule has 2 fully saturated rings. The van der Waals surface area contributed by atoms with Crippen LogP contribution in [0.2, 0.25) is 0 Å². The van der Waals surface area contributed by atoms with E-state index in [4.69, 9.17) is 4.74 Å². The van der Waals surface area contributed by atoms with Crippen LogP contribution >= 0.6 is 0 Å². The van der Waals surface area contributed by atoms with Crippen LogP contribution in [0.5, 0.6) is 0 Å². The summed E-state index contributed by atoms with van der Waals surface area (Å²) in [6.07, 6.45) is 2.39. The summed E-state index contributed by atoms with van der Waals surface area (Å²) < 4.78 is 5.71. The highest BCUT2D eigenvalue weighted by Crippen LogP contribution is 2.19. The van der Waals surface area contributed by atoms with E-state index in [9.17, 15) is 0 Å². The van der Waals surface area contributed by atoms with Crippen molar-refractivity contribution >= 4 is 0 Å². The molecule has 0 aromatic heterocycles. The summed E-state index contributed by atoms with van der Waals surface area (Å²) in [5.41, 5.74) is 0. The Morgan fingerprint density at radius 3 is 2.89 bits per heavy atom. The van der Waals surface area contributed by atoms with Crippen LogP contribution in [0, 0.1) is 5.92 Å². The van der Waals surface area contributed by atoms with E-state index in [1.165, 1.54) is 39.0 Å². The molecule has 4 heteroatoms. The van der Waals surface area contributed by atoms with Crippen LogP contribution in [0.25, 0.3) is 0 Å². The number of hydrogen-bond donors (Lipinski definition) is 1. The Morgan fingerprint density at radius 2 is 2.16 bits per heavy atom. The molecule has 2 aliphatic rings. The monoisotopic (exact) mass is 269 g/mol. The van der Waals surface area contributed by atoms with E-state index in [0.717, 1.165) is 19.8 Å². The van der Waals surface area contributed by atoms with Crippen molar-refractivity contribution in [3.05, 3.63) is 0 Å². The molecule has 3 atom stereocenters. The second-order valence-electron chi connectivity index (χ2n) is 6.29. The van der Waals surface area contributed by atoms with Crippen LogP contribution in [0.15, 0.2) is 0 Å². The lowest BCUT2D eigenvalue weighted by molar-refractivity contribution is -0.000266. The molecule has 2 aliphatic heterocycles. The largest absolute Gasteiger partial charge is 0.381 e. The number of piperazine rings is 1. The Hall–Kier alpha value is -0.160. The first kappa shape index (κ1) is 15.2. The number of nitrogens with zero attached hydrogens (tertiary/aromatic N) is 2. The van der Waals surface area contributed by atoms with Crippen LogP contribution in [-0.2, 0) is 4.74 Å². The number of rotatable bonds is 5. The van der Waals surface area contributed by atoms with Crippen LogP contribution in [-0.4, -0.2) is 74.9 Å². The van der Waals surface area contributed by atoms with Crippen LogP contribution in [0.3, 0.4) is 0 Å². The summed E-state index contributed by atoms with van der Waals surface area (Å²) in [6, 6.07) is 1.33. The molecule has 112 valence electrons. The van der Waals surface area contributed by atoms with Gasteiger partial charge in [-0.05, 0) is 33.4 Å². The van der Waals surface area contributed by atoms with E-state index >= 15 is 0 Å². The van der Waals surface area contributed by atoms with Gasteiger partial charge in [-0.25, -0.2) is 0 Å². The lowest BCUT2D eigenvalue weighted by Crippen LogP contribution is -2.55. The first-order chi connectivity index (χ1) is 9.20. The molecular weight excluding hydrogens is 238 g/mol. The average molecular weight is 269 g/mol. The topological polar surface area (TPSA) is 27.7 Å². The highest BCUT2D eigenvalue weighted by atomic mass is 16.5. The Kier molecular flexibility index (Phi) is 6.07. The molecule has 0 aliphatic carbocycles. The SMILES string of the molecule is CCCNC1CCOCC1CN1CCN(C)CC1C. The maximum absolute atomic E-state index is 5.71. The Labute approximate surface area is 118 Å². The highest BCUT2D eigenvalue weighted by molar-refractivity contribution is 4.85. The van der Waals surface area contributed by atoms with Gasteiger partial charge in [-0.3, -0.25) is 4.90 Å². The molecule has 0 bridgehead atoms. The summed E-state index contributed by atoms with van der Waals surface area (Å²) in [4.78, 5) is 5.09. The molecule has 0 amide bonds. The molecule has 2 heterocycles. The minimum atomic E-state index is 0.653. The number of hydrogen-bond acceptors (Lipinski definition) is 4. The zero-order valence-electron chi connectivity index (χ0n) is 12.9. The molecule has 2 saturated heterocycles. The molecule has 0 spiro atoms. The molecular formula is C15H31N3O. The van der Waals surface area contributed by atoms with E-state index in [1.54, 1.807) is 0 Å². The van der Waals surface area contributed by atoms with Crippen molar-refractivity contribution < 1.29 is 4.74 Å². The van der Waals surface area contributed by atoms with Gasteiger partial charge >= 0.3 is 0 Å². The quantitative estimate of drug-likeness (QED) is 0.807. The maximum Gasteiger partial charge on any atom is 0.0521 e. The van der Waals surface area contributed by atoms with E-state index in [0.29, 0.717) is 18.0 Å². The number of ether oxygens (including phenoxy) is 1. The van der Waals surface area contributed by atoms with Crippen LogP contribution in [0.1, 0.15) is 26.7 Å². The van der Waals surface area contributed by atoms with Crippen molar-refractivity contribution in [1.29, 1.82) is 0 Å². The molecule has 0 aromatic rings. The van der Waals surface area contributed by atoms with Crippen molar-refractivity contribution in [3.63, 3.8) is 0 Å². The summed E-state index contributed by atoms with van der Waals surface area (Å²) in [5, 5.41) is 3.72. The van der Waals surface area contributed by atoms with Gasteiger partial charge < -0.3 is 15.0 Å². The molecule has 2 rings (SSSR count). The van der Waals surface area contributed by atoms with Gasteiger partial charge in [0.1, 0.15) is 0 Å². The van der Waals surface area contributed by atoms with Crippen molar-refractivity contribution in [3.8, 4) is 0 Å². The Morgan fingerprint density at radius 1 is 1.32 bits per heavy atom. The fraction of sp³-hybridized carbons (Fsp3) is 1.00. The second kappa shape index (κ2) is 7.58. The normalized spacial score (nSPS) is 34.6. The summed E-state index contributed by atoms with van der Waals surface area (Å²) >= 11 is 0. The zero-order chi connectivity index (χ0) is 13.7. The van der Waals surface area contributed by atoms with Gasteiger partial charge in [0.15, 0.2) is 0 Å². The van der Waals surface area contributed by atoms with Gasteiger partial charge in [0.05, 0.1) is 6.61 Å². The van der Waals surface area contributed by atoms with Gasteiger partial charge in [-0.2, -0.15) is 0 Å². The second-order valence-corrected chi connectivity index (χ2v) is 6.29. The van der Waals surface area contributed by atoms with Gasteiger partial charge in [0.25, 0.3) is 0 Å². The third-order valence-electron chi connectivity index (χ3n) is 4.57. The number of likely N-dealkylation sites (N-methyl/N-ethyl adjacent to an activating group) is 1. The van der Waals surface area contributed by atoms with Gasteiger partial charge in [-0.15, -0.1) is 0 Å². The summed E-state index contributed by atoms with van der Waals surface area (Å²) in [5.74, 6) is 0.658. The summed E-state index contributed by atoms with van der Waals surface area (Å²) in [7, 11) is 2.23. The molecule has 1 N–H and O–H groups in total. The summed E-state index contributed by atoms with van der Waals surface area (Å²) in [6.45, 7) is 12.4. The highest BCUT2D eigenvalue weighted by Gasteiger charge is 2.30. The predicted molar refractivity (Wildman–Crippen MR) is 79.5 cm³/mol. The molecule has 0 aromatic carbocycles. The van der Waals surface area contributed by atoms with E-state index < -0.39 is 0 Å². The smallest absolute Gasteiger partial charge is 0.0521 e. The average Bonchev–Trinajstić information content (AvgIpc) is 2.41. The molecule has 4 nitrogen and oxygen atoms in total. The first-order valence-corrected chi connectivity index (χ1v) is 7.94. The predicted octanol–water partition coefficient (Wildman–Crippen LogP) is 1.03. The van der Waals surface area contributed by atoms with Crippen molar-refractivity contribution in [2.75, 3.05) is 53.0 Å². The third kappa shape index (κ3) is 4.42. The van der Waals surface area contributed by atoms with Crippen molar-refractivity contribution in [2.45, 2.75) is 38.8 Å². The molecule has 0 radical (unpaired) electrons. The van der Waals surface area contributed by atoms with E-state index in [2.05, 4.69) is 36.0 Å². The maximum atomic E-state index is 5.71. The van der Waals surface area contributed by atoms with Gasteiger partial charge in [0, 0.05) is 50.8 Å². The van der Waals surface area contributed by atoms with Crippen LogP contribution < -0.4 is 5.32 Å². The molecule has 19 heavy (non-hydrogen) atoms. The Balaban J connectivity index is 1.84. The van der Waals surface area contributed by atoms with E-state index in [-0.39, 0.29) is 0 Å². The fourth-order valence-electron chi connectivity index (χ4n) is 3.33. The number of nitrogens with one attached hydrogen (secondary N) is 1. The first-order valence-electron chi connectivity index (χ1n) is 7.94. The van der Waals surface area contributed by atoms with Gasteiger partial charge in [-0.1, -0.05) is 6.92 Å². The lowest BCUT2D eigenvalue weighted by Gasteiger charge is -2.42. The van der Waals surface area contributed by atoms with Gasteiger partial charge in [0.2, 0.25) is 0 Å². The standard InChI is InChI=1S/C15H31N3O/c1-4-6-16-15-5-9-19-12-14(15)11-18-8-7-17(3)10-13(18)2/h13-16H,4-12H2,1-3H3. The minimum absolute atomic E-state index is 0.653. The lowest BCUT2D eigenvalue weighted by atomic mass is 9.94. The fourth-order valence-corrected chi connectivity index (χ4v) is 3.33. The third-order valence-corrected chi connectivity index (χ3v) is 4.57. The molecule has 3 unspecified atom stereocenters.